The summed E-state index contributed by atoms with van der Waals surface area (Å²) in [7, 11) is 6.06. The van der Waals surface area contributed by atoms with Crippen LogP contribution in [-0.4, -0.2) is 125 Å². The molecule has 2 atom stereocenters. The number of methoxy groups -OCH3 is 4. The highest BCUT2D eigenvalue weighted by atomic mass is 19.1. The number of piperidine rings is 2. The van der Waals surface area contributed by atoms with Crippen LogP contribution in [0.3, 0.4) is 0 Å². The summed E-state index contributed by atoms with van der Waals surface area (Å²) < 4.78 is 57.4. The predicted octanol–water partition coefficient (Wildman–Crippen LogP) is 7.96. The zero-order valence-electron chi connectivity index (χ0n) is 45.2. The molecule has 79 heavy (non-hydrogen) atoms. The lowest BCUT2D eigenvalue weighted by atomic mass is 9.97. The molecule has 414 valence electrons. The molecule has 9 aromatic rings. The SMILES string of the molecule is COc1cc2nc(N)n3nc([C@@H]4CCCN(c5cnn(CCCC(C)=O)c5)C4)nc3c2cc1F.COc1ccc(CNc2nc3cc(OC)c(F)cc3c3nc([C@@H]4CCCN(c5cnn(CCCC(C)=O)c5)C4)nn23)c(OC)c1. The fourth-order valence-corrected chi connectivity index (χ4v) is 10.3. The molecule has 0 radical (unpaired) electrons. The van der Waals surface area contributed by atoms with Crippen LogP contribution >= 0.6 is 0 Å². The molecule has 22 nitrogen and oxygen atoms in total. The van der Waals surface area contributed by atoms with Crippen LogP contribution < -0.4 is 39.8 Å². The van der Waals surface area contributed by atoms with E-state index in [9.17, 15) is 18.4 Å². The third kappa shape index (κ3) is 11.8. The molecule has 11 rings (SSSR count). The van der Waals surface area contributed by atoms with Crippen molar-refractivity contribution in [1.29, 1.82) is 0 Å². The fraction of sp³-hybridized carbons (Fsp3) is 0.418. The summed E-state index contributed by atoms with van der Waals surface area (Å²) >= 11 is 0. The summed E-state index contributed by atoms with van der Waals surface area (Å²) in [5.41, 5.74) is 11.1. The van der Waals surface area contributed by atoms with Crippen molar-refractivity contribution < 1.29 is 37.3 Å². The first-order valence-electron chi connectivity index (χ1n) is 26.4. The van der Waals surface area contributed by atoms with Gasteiger partial charge in [0.25, 0.3) is 0 Å². The van der Waals surface area contributed by atoms with Crippen molar-refractivity contribution in [2.45, 2.75) is 96.7 Å². The van der Waals surface area contributed by atoms with Gasteiger partial charge >= 0.3 is 0 Å². The second-order valence-corrected chi connectivity index (χ2v) is 20.0. The van der Waals surface area contributed by atoms with Gasteiger partial charge in [0.2, 0.25) is 11.9 Å². The lowest BCUT2D eigenvalue weighted by molar-refractivity contribution is -0.118. The van der Waals surface area contributed by atoms with Crippen LogP contribution in [0, 0.1) is 11.6 Å². The largest absolute Gasteiger partial charge is 0.497 e. The molecule has 6 aromatic heterocycles. The van der Waals surface area contributed by atoms with Gasteiger partial charge in [0.15, 0.2) is 46.1 Å². The Labute approximate surface area is 453 Å². The first kappa shape index (κ1) is 53.7. The molecule has 0 bridgehead atoms. The van der Waals surface area contributed by atoms with Gasteiger partial charge in [0, 0.05) is 117 Å². The number of Topliss-reactive ketones (excluding diaryl/α,β-unsaturated/α-hetero) is 2. The monoisotopic (exact) mass is 1080 g/mol. The van der Waals surface area contributed by atoms with Crippen molar-refractivity contribution in [3.63, 3.8) is 0 Å². The summed E-state index contributed by atoms with van der Waals surface area (Å²) in [6, 6.07) is 11.5. The van der Waals surface area contributed by atoms with Gasteiger partial charge in [-0.2, -0.15) is 19.2 Å². The molecule has 0 spiro atoms. The second-order valence-electron chi connectivity index (χ2n) is 20.0. The molecule has 0 aliphatic carbocycles. The van der Waals surface area contributed by atoms with Gasteiger partial charge in [-0.15, -0.1) is 10.2 Å². The topological polar surface area (TPSA) is 237 Å². The molecular weight excluding hydrogens is 1020 g/mol. The summed E-state index contributed by atoms with van der Waals surface area (Å²) in [5, 5.41) is 23.0. The maximum atomic E-state index is 14.9. The minimum atomic E-state index is -0.494. The highest BCUT2D eigenvalue weighted by Crippen LogP contribution is 2.35. The van der Waals surface area contributed by atoms with Crippen LogP contribution in [0.5, 0.6) is 23.0 Å². The number of nitrogens with one attached hydrogen (secondary N) is 1. The number of ketones is 2. The molecular formula is C55H64F2N16O6. The number of anilines is 4. The van der Waals surface area contributed by atoms with Gasteiger partial charge in [0.05, 0.1) is 63.2 Å². The summed E-state index contributed by atoms with van der Waals surface area (Å²) in [6.45, 7) is 8.29. The normalized spacial score (nSPS) is 15.6. The van der Waals surface area contributed by atoms with E-state index < -0.39 is 11.6 Å². The molecule has 2 aliphatic heterocycles. The van der Waals surface area contributed by atoms with Gasteiger partial charge in [-0.3, -0.25) is 9.36 Å². The number of hydrogen-bond acceptors (Lipinski definition) is 18. The van der Waals surface area contributed by atoms with E-state index in [0.29, 0.717) is 94.7 Å². The van der Waals surface area contributed by atoms with E-state index in [1.165, 1.54) is 36.9 Å². The standard InChI is InChI=1S/C32H37FN8O4.C23H27FN8O2/c1-20(42)7-5-12-40-19-23(17-35-40)39-11-6-8-22(18-39)30-37-31-25-14-26(33)29(45-4)15-27(25)36-32(41(31)38-30)34-16-21-9-10-24(43-2)13-28(21)44-3;1-14(33)5-3-8-31-13-16(11-26-31)30-7-4-6-15(12-30)21-28-22-17-9-18(24)20(34-2)10-19(17)27-23(25)32(22)29-21/h9-10,13-15,17,19,22H,5-8,11-12,16,18H2,1-4H3,(H,34,36);9-11,13,15H,3-8,12H2,1-2H3,(H2,25,27)/t22-;15-/m11/s1. The number of aromatic nitrogens is 12. The first-order chi connectivity index (χ1) is 38.3. The second kappa shape index (κ2) is 23.5. The smallest absolute Gasteiger partial charge is 0.226 e. The average Bonchev–Trinajstić information content (AvgIpc) is 4.52. The summed E-state index contributed by atoms with van der Waals surface area (Å²) in [4.78, 5) is 46.0. The first-order valence-corrected chi connectivity index (χ1v) is 26.4. The van der Waals surface area contributed by atoms with Crippen molar-refractivity contribution in [3.8, 4) is 23.0 Å². The molecule has 24 heteroatoms. The van der Waals surface area contributed by atoms with Gasteiger partial charge in [-0.05, 0) is 76.6 Å². The van der Waals surface area contributed by atoms with Crippen molar-refractivity contribution in [2.24, 2.45) is 0 Å². The summed E-state index contributed by atoms with van der Waals surface area (Å²) in [5.74, 6) is 3.09. The number of nitrogens with two attached hydrogens (primary N) is 1. The van der Waals surface area contributed by atoms with E-state index >= 15 is 0 Å². The number of rotatable bonds is 19. The molecule has 0 saturated carbocycles. The lowest BCUT2D eigenvalue weighted by Gasteiger charge is -2.32. The van der Waals surface area contributed by atoms with Gasteiger partial charge < -0.3 is 49.4 Å². The van der Waals surface area contributed by atoms with Crippen molar-refractivity contribution in [1.82, 2.24) is 58.7 Å². The Morgan fingerprint density at radius 2 is 1.18 bits per heavy atom. The quantitative estimate of drug-likeness (QED) is 0.0781. The van der Waals surface area contributed by atoms with E-state index in [0.717, 1.165) is 81.6 Å². The number of nitrogens with zero attached hydrogens (tertiary/aromatic N) is 14. The molecule has 2 saturated heterocycles. The molecule has 3 aromatic carbocycles. The number of benzene rings is 3. The van der Waals surface area contributed by atoms with Crippen molar-refractivity contribution in [3.05, 3.63) is 96.1 Å². The van der Waals surface area contributed by atoms with E-state index in [4.69, 9.17) is 44.7 Å². The number of carbonyl (C=O) groups is 2. The van der Waals surface area contributed by atoms with E-state index in [-0.39, 0.29) is 40.8 Å². The predicted molar refractivity (Wildman–Crippen MR) is 294 cm³/mol. The lowest BCUT2D eigenvalue weighted by Crippen LogP contribution is -2.34. The van der Waals surface area contributed by atoms with Gasteiger partial charge in [0.1, 0.15) is 23.1 Å². The Morgan fingerprint density at radius 3 is 1.70 bits per heavy atom. The number of halogens is 2. The minimum absolute atomic E-state index is 0.0485. The fourth-order valence-electron chi connectivity index (χ4n) is 10.3. The zero-order valence-corrected chi connectivity index (χ0v) is 45.2. The van der Waals surface area contributed by atoms with Crippen LogP contribution in [0.15, 0.2) is 67.3 Å². The average molecular weight is 1080 g/mol. The number of fused-ring (bicyclic) bond motifs is 6. The van der Waals surface area contributed by atoms with Gasteiger partial charge in [-0.1, -0.05) is 0 Å². The Kier molecular flexibility index (Phi) is 16.0. The molecule has 2 fully saturated rings. The molecule has 8 heterocycles. The molecule has 3 N–H and O–H groups in total. The number of ether oxygens (including phenoxy) is 4. The minimum Gasteiger partial charge on any atom is -0.497 e. The van der Waals surface area contributed by atoms with Crippen LogP contribution in [0.2, 0.25) is 0 Å². The van der Waals surface area contributed by atoms with Crippen molar-refractivity contribution in [2.75, 3.05) is 75.5 Å². The molecule has 0 unspecified atom stereocenters. The molecule has 2 aliphatic rings. The van der Waals surface area contributed by atoms with E-state index in [1.807, 2.05) is 52.4 Å². The van der Waals surface area contributed by atoms with Gasteiger partial charge in [-0.25, -0.2) is 28.7 Å². The van der Waals surface area contributed by atoms with Crippen molar-refractivity contribution >= 4 is 67.9 Å². The van der Waals surface area contributed by atoms with Crippen LogP contribution in [0.25, 0.3) is 33.1 Å². The highest BCUT2D eigenvalue weighted by Gasteiger charge is 2.29. The number of nitrogen functional groups attached to an aromatic ring is 1. The van der Waals surface area contributed by atoms with Crippen LogP contribution in [0.1, 0.15) is 94.3 Å². The maximum Gasteiger partial charge on any atom is 0.226 e. The molecule has 0 amide bonds. The number of hydrogen-bond donors (Lipinski definition) is 2. The number of carbonyl (C=O) groups excluding carboxylic acids is 2. The third-order valence-corrected chi connectivity index (χ3v) is 14.5. The highest BCUT2D eigenvalue weighted by molar-refractivity contribution is 5.94. The van der Waals surface area contributed by atoms with E-state index in [2.05, 4.69) is 35.4 Å². The maximum absolute atomic E-state index is 14.9. The Morgan fingerprint density at radius 1 is 0.658 bits per heavy atom. The summed E-state index contributed by atoms with van der Waals surface area (Å²) in [6.07, 6.45) is 14.2. The van der Waals surface area contributed by atoms with Crippen LogP contribution in [-0.2, 0) is 29.2 Å². The number of aryl methyl sites for hydroxylation is 2. The Bertz CT molecular complexity index is 3670. The zero-order chi connectivity index (χ0) is 55.3. The Balaban J connectivity index is 0.000000185. The van der Waals surface area contributed by atoms with E-state index in [1.54, 1.807) is 38.6 Å². The Hall–Kier alpha value is -8.70. The third-order valence-electron chi connectivity index (χ3n) is 14.5. The van der Waals surface area contributed by atoms with Crippen LogP contribution in [0.4, 0.5) is 32.1 Å².